The van der Waals surface area contributed by atoms with Crippen LogP contribution in [0.2, 0.25) is 0 Å². The third-order valence-corrected chi connectivity index (χ3v) is 23.1. The van der Waals surface area contributed by atoms with Gasteiger partial charge in [0.05, 0.1) is 52.7 Å². The molecule has 4 aromatic carbocycles. The molecule has 41 heteroatoms. The number of nitrogens with zero attached hydrogens (tertiary/aromatic N) is 4. The van der Waals surface area contributed by atoms with E-state index in [2.05, 4.69) is 51.5 Å². The first-order valence-electron chi connectivity index (χ1n) is 36.6. The van der Waals surface area contributed by atoms with Crippen LogP contribution in [0.5, 0.6) is 11.5 Å². The van der Waals surface area contributed by atoms with Crippen molar-refractivity contribution in [3.05, 3.63) is 118 Å². The van der Waals surface area contributed by atoms with Crippen LogP contribution in [0.3, 0.4) is 0 Å². The monoisotopic (exact) mass is 1650 g/mol. The fraction of sp³-hybridized carbons (Fsp3) is 0.521. The van der Waals surface area contributed by atoms with Crippen molar-refractivity contribution in [2.75, 3.05) is 79.4 Å². The SMILES string of the molecule is CCCNS(=O)(=O)c1ccc(C(NC(=O)OC(C)(C)C)C(=O)N[C@@H](Cc2cccc(C(=O)OC(C)(C)C)c2OC)B2O[C@@H]3C[C@@H]4C[C@@H](C4(C)C)[C@]3(C)O2)cc1.O=C(O)c1cccc2c1OB(O)[C@@H](NC(=O)C(NC(=O)N1CCN(CCF)C(=O)C1=O)c1ccc(S(=O)(=O)NCCO)cc1)C2.O=C1C(=O)N(C(=O)Cl)CCN1CCF. The van der Waals surface area contributed by atoms with Gasteiger partial charge in [-0.1, -0.05) is 69.3 Å². The van der Waals surface area contributed by atoms with Crippen LogP contribution in [0.4, 0.5) is 23.2 Å². The van der Waals surface area contributed by atoms with Crippen LogP contribution in [0.25, 0.3) is 0 Å². The molecule has 3 saturated carbocycles. The lowest BCUT2D eigenvalue weighted by Gasteiger charge is -2.64. The zero-order valence-electron chi connectivity index (χ0n) is 64.7. The van der Waals surface area contributed by atoms with E-state index in [4.69, 9.17) is 44.9 Å². The van der Waals surface area contributed by atoms with Gasteiger partial charge < -0.3 is 74.5 Å². The molecule has 0 radical (unpaired) electrons. The molecule has 114 heavy (non-hydrogen) atoms. The van der Waals surface area contributed by atoms with E-state index < -0.39 is 160 Å². The molecule has 8 atom stereocenters. The number of imide groups is 2. The number of halogens is 3. The van der Waals surface area contributed by atoms with Gasteiger partial charge in [-0.3, -0.25) is 43.4 Å². The summed E-state index contributed by atoms with van der Waals surface area (Å²) in [5.74, 6) is -8.65. The van der Waals surface area contributed by atoms with Crippen molar-refractivity contribution in [1.82, 2.24) is 50.3 Å². The number of aliphatic hydroxyl groups is 1. The molecule has 2 bridgehead atoms. The molecule has 7 aliphatic rings. The minimum atomic E-state index is -4.03. The van der Waals surface area contributed by atoms with Gasteiger partial charge in [0.15, 0.2) is 0 Å². The largest absolute Gasteiger partial charge is 0.547 e. The summed E-state index contributed by atoms with van der Waals surface area (Å²) in [5.41, 5.74) is -0.792. The number of alkyl halides is 2. The van der Waals surface area contributed by atoms with Gasteiger partial charge in [0.1, 0.15) is 53.7 Å². The number of methoxy groups -OCH3 is 1. The molecular formula is C73H95B2ClF2N10O24S2. The molecule has 4 aromatic rings. The van der Waals surface area contributed by atoms with E-state index in [1.54, 1.807) is 65.8 Å². The fourth-order valence-electron chi connectivity index (χ4n) is 14.1. The van der Waals surface area contributed by atoms with E-state index in [1.165, 1.54) is 55.6 Å². The summed E-state index contributed by atoms with van der Waals surface area (Å²) in [4.78, 5) is 140. The minimum Gasteiger partial charge on any atom is -0.534 e. The van der Waals surface area contributed by atoms with Crippen molar-refractivity contribution >= 4 is 111 Å². The smallest absolute Gasteiger partial charge is 0.534 e. The molecule has 0 spiro atoms. The van der Waals surface area contributed by atoms with Crippen molar-refractivity contribution in [3.63, 3.8) is 0 Å². The Balaban J connectivity index is 0.000000247. The Hall–Kier alpha value is -9.41. The molecule has 3 aliphatic carbocycles. The lowest BCUT2D eigenvalue weighted by molar-refractivity contribution is -0.199. The molecule has 0 aromatic heterocycles. The Kier molecular flexibility index (Phi) is 29.6. The van der Waals surface area contributed by atoms with E-state index in [0.29, 0.717) is 38.8 Å². The van der Waals surface area contributed by atoms with E-state index in [1.807, 2.05) is 6.92 Å². The molecule has 4 aliphatic heterocycles. The topological polar surface area (TPSA) is 457 Å². The van der Waals surface area contributed by atoms with Crippen LogP contribution < -0.4 is 40.1 Å². The minimum absolute atomic E-state index is 0.0147. The van der Waals surface area contributed by atoms with Gasteiger partial charge in [0.2, 0.25) is 31.9 Å². The highest BCUT2D eigenvalue weighted by molar-refractivity contribution is 7.89. The quantitative estimate of drug-likeness (QED) is 0.0141. The number of para-hydroxylation sites is 2. The number of rotatable bonds is 26. The van der Waals surface area contributed by atoms with Crippen LogP contribution >= 0.6 is 11.6 Å². The predicted octanol–water partition coefficient (Wildman–Crippen LogP) is 4.07. The number of aromatic carboxylic acids is 1. The number of ether oxygens (including phenoxy) is 3. The van der Waals surface area contributed by atoms with Crippen LogP contribution in [-0.2, 0) is 80.4 Å². The summed E-state index contributed by atoms with van der Waals surface area (Å²) in [6.45, 7) is 16.1. The van der Waals surface area contributed by atoms with E-state index in [-0.39, 0.29) is 121 Å². The number of sulfonamides is 2. The number of piperazine rings is 2. The number of carboxylic acids is 1. The highest BCUT2D eigenvalue weighted by Crippen LogP contribution is 2.66. The second kappa shape index (κ2) is 37.5. The van der Waals surface area contributed by atoms with Crippen LogP contribution in [0.15, 0.2) is 94.7 Å². The molecule has 9 N–H and O–H groups in total. The highest BCUT2D eigenvalue weighted by atomic mass is 35.5. The molecule has 2 unspecified atom stereocenters. The summed E-state index contributed by atoms with van der Waals surface area (Å²) in [7, 11) is -8.95. The van der Waals surface area contributed by atoms with Gasteiger partial charge in [-0.05, 0) is 168 Å². The molecule has 4 heterocycles. The molecule has 620 valence electrons. The van der Waals surface area contributed by atoms with Crippen LogP contribution in [0.1, 0.15) is 144 Å². The summed E-state index contributed by atoms with van der Waals surface area (Å²) in [5, 5.41) is 38.6. The van der Waals surface area contributed by atoms with Crippen molar-refractivity contribution in [2.45, 2.75) is 158 Å². The number of fused-ring (bicyclic) bond motifs is 1. The van der Waals surface area contributed by atoms with Gasteiger partial charge in [0.25, 0.3) is 0 Å². The van der Waals surface area contributed by atoms with Gasteiger partial charge in [0, 0.05) is 52.4 Å². The van der Waals surface area contributed by atoms with Crippen molar-refractivity contribution < 1.29 is 122 Å². The van der Waals surface area contributed by atoms with E-state index in [0.717, 1.165) is 34.8 Å². The third kappa shape index (κ3) is 21.6. The number of aliphatic hydroxyl groups excluding tert-OH is 1. The van der Waals surface area contributed by atoms with Gasteiger partial charge in [-0.15, -0.1) is 0 Å². The molecule has 6 fully saturated rings. The molecule has 10 amide bonds. The molecule has 34 nitrogen and oxygen atoms in total. The number of carboxylic acid groups (broad SMARTS) is 1. The zero-order chi connectivity index (χ0) is 84.3. The third-order valence-electron chi connectivity index (χ3n) is 19.9. The molecule has 3 saturated heterocycles. The average molecular weight is 1660 g/mol. The first-order valence-corrected chi connectivity index (χ1v) is 39.9. The van der Waals surface area contributed by atoms with Crippen LogP contribution in [-0.4, -0.2) is 245 Å². The van der Waals surface area contributed by atoms with Gasteiger partial charge >= 0.3 is 67.3 Å². The number of hydrogen-bond acceptors (Lipinski definition) is 23. The van der Waals surface area contributed by atoms with Crippen molar-refractivity contribution in [1.29, 1.82) is 0 Å². The average Bonchev–Trinajstić information content (AvgIpc) is 1.42. The Morgan fingerprint density at radius 2 is 1.23 bits per heavy atom. The van der Waals surface area contributed by atoms with Crippen molar-refractivity contribution in [3.8, 4) is 11.5 Å². The number of esters is 1. The summed E-state index contributed by atoms with van der Waals surface area (Å²) >= 11 is 5.06. The number of alkyl carbamates (subject to hydrolysis) is 1. The maximum absolute atomic E-state index is 14.6. The second-order valence-corrected chi connectivity index (χ2v) is 34.2. The summed E-state index contributed by atoms with van der Waals surface area (Å²) in [6.07, 6.45) is 1.48. The maximum atomic E-state index is 14.6. The predicted molar refractivity (Wildman–Crippen MR) is 405 cm³/mol. The summed E-state index contributed by atoms with van der Waals surface area (Å²) in [6, 6.07) is 15.8. The maximum Gasteiger partial charge on any atom is 0.547 e. The lowest BCUT2D eigenvalue weighted by Crippen LogP contribution is -2.65. The van der Waals surface area contributed by atoms with Gasteiger partial charge in [-0.25, -0.2) is 54.2 Å². The number of amides is 10. The first-order chi connectivity index (χ1) is 53.4. The second-order valence-electron chi connectivity index (χ2n) is 30.3. The summed E-state index contributed by atoms with van der Waals surface area (Å²) < 4.78 is 116. The Morgan fingerprint density at radius 1 is 0.693 bits per heavy atom. The number of benzene rings is 4. The fourth-order valence-corrected chi connectivity index (χ4v) is 16.4. The van der Waals surface area contributed by atoms with Gasteiger partial charge in [-0.2, -0.15) is 0 Å². The van der Waals surface area contributed by atoms with Crippen molar-refractivity contribution in [2.24, 2.45) is 17.3 Å². The Bertz CT molecular complexity index is 4510. The van der Waals surface area contributed by atoms with E-state index >= 15 is 0 Å². The number of urea groups is 1. The normalized spacial score (nSPS) is 20.6. The zero-order valence-corrected chi connectivity index (χ0v) is 67.1. The Morgan fingerprint density at radius 3 is 1.75 bits per heavy atom. The van der Waals surface area contributed by atoms with Crippen LogP contribution in [0, 0.1) is 17.3 Å². The lowest BCUT2D eigenvalue weighted by atomic mass is 9.43. The highest BCUT2D eigenvalue weighted by Gasteiger charge is 2.69. The molecule has 11 rings (SSSR count). The van der Waals surface area contributed by atoms with E-state index in [9.17, 15) is 88.5 Å². The number of hydrogen-bond donors (Lipinski definition) is 9. The number of carbonyl (C=O) groups excluding carboxylic acids is 10. The first kappa shape index (κ1) is 90.1. The number of nitrogens with one attached hydrogen (secondary N) is 6. The standard InChI is InChI=1S/C40H58BN3O10S.C26H29BFN5O11S.C7H8ClFN2O3/c1-12-20-42-55(48,49)27-18-16-24(17-19-27)32(44-36(47)52-38(5,6)7)34(45)43-31(41-53-30-23-26-22-29(39(26,8)9)40(30,10)54-41)21-25-14-13-15-28(33(25)50-11)35(46)51-37(2,3)4;28-8-10-32-11-12-33(24(37)23(32)36)26(40)31-20(15-4-6-17(7-5-15)45(42,43)29-9-13-34)22(35)30-19-14-16-2-1-3-18(25(38)39)21(16)44-27(19)41;8-7(14)11-4-3-10(2-1-9)5(12)6(11)13/h13-19,26,29-32,42H,12,20-23H2,1-11H3,(H,43,45)(H,44,47);1-7,19-20,29,34,41H,8-14H2,(H,30,35)(H,31,40)(H,38,39);1-4H2/t26-,29-,30+,31-,32?,40-;19-,20?;/m00./s1. The number of carbonyl (C=O) groups is 11. The Labute approximate surface area is 664 Å². The molecular weight excluding hydrogens is 1560 g/mol.